The Bertz CT molecular complexity index is 574. The van der Waals surface area contributed by atoms with Crippen LogP contribution < -0.4 is 10.1 Å². The third-order valence-corrected chi connectivity index (χ3v) is 3.87. The van der Waals surface area contributed by atoms with E-state index in [1.807, 2.05) is 7.05 Å². The molecule has 1 aliphatic heterocycles. The second kappa shape index (κ2) is 5.06. The van der Waals surface area contributed by atoms with Crippen molar-refractivity contribution in [3.63, 3.8) is 0 Å². The van der Waals surface area contributed by atoms with Gasteiger partial charge in [-0.15, -0.1) is 0 Å². The lowest BCUT2D eigenvalue weighted by Crippen LogP contribution is -2.11. The van der Waals surface area contributed by atoms with Gasteiger partial charge >= 0.3 is 0 Å². The first kappa shape index (κ1) is 12.2. The van der Waals surface area contributed by atoms with Crippen LogP contribution in [0.4, 0.5) is 0 Å². The molecule has 98 valence electrons. The second-order valence-electron chi connectivity index (χ2n) is 5.02. The summed E-state index contributed by atoms with van der Waals surface area (Å²) < 4.78 is 5.77. The minimum absolute atomic E-state index is 0.381. The van der Waals surface area contributed by atoms with Crippen molar-refractivity contribution in [2.24, 2.45) is 0 Å². The van der Waals surface area contributed by atoms with Crippen molar-refractivity contribution in [2.45, 2.75) is 19.4 Å². The topological polar surface area (TPSA) is 21.3 Å². The molecule has 0 amide bonds. The average Bonchev–Trinajstić information content (AvgIpc) is 2.95. The van der Waals surface area contributed by atoms with Crippen molar-refractivity contribution in [3.05, 3.63) is 53.6 Å². The van der Waals surface area contributed by atoms with Crippen LogP contribution in [0.3, 0.4) is 0 Å². The summed E-state index contributed by atoms with van der Waals surface area (Å²) in [6, 6.07) is 15.5. The first-order chi connectivity index (χ1) is 9.29. The summed E-state index contributed by atoms with van der Waals surface area (Å²) in [6.45, 7) is 2.97. The summed E-state index contributed by atoms with van der Waals surface area (Å²) in [5.74, 6) is 1.07. The van der Waals surface area contributed by atoms with Crippen LogP contribution in [0.15, 0.2) is 42.5 Å². The SMILES string of the molecule is CNC(C)c1ccc(-c2cccc3c2OCC3)cc1. The first-order valence-electron chi connectivity index (χ1n) is 6.82. The third-order valence-electron chi connectivity index (χ3n) is 3.87. The molecule has 1 unspecified atom stereocenters. The molecule has 1 heterocycles. The van der Waals surface area contributed by atoms with Crippen molar-refractivity contribution in [1.82, 2.24) is 5.32 Å². The van der Waals surface area contributed by atoms with Crippen LogP contribution in [0.25, 0.3) is 11.1 Å². The molecule has 2 aromatic carbocycles. The van der Waals surface area contributed by atoms with Crippen LogP contribution in [0.2, 0.25) is 0 Å². The van der Waals surface area contributed by atoms with Crippen LogP contribution in [-0.4, -0.2) is 13.7 Å². The third kappa shape index (κ3) is 2.24. The molecule has 0 aliphatic carbocycles. The molecule has 0 saturated carbocycles. The monoisotopic (exact) mass is 253 g/mol. The van der Waals surface area contributed by atoms with Gasteiger partial charge in [-0.05, 0) is 30.7 Å². The van der Waals surface area contributed by atoms with E-state index in [0.29, 0.717) is 6.04 Å². The Kier molecular flexibility index (Phi) is 3.26. The van der Waals surface area contributed by atoms with E-state index in [4.69, 9.17) is 4.74 Å². The maximum absolute atomic E-state index is 5.77. The number of fused-ring (bicyclic) bond motifs is 1. The van der Waals surface area contributed by atoms with E-state index >= 15 is 0 Å². The molecule has 1 N–H and O–H groups in total. The van der Waals surface area contributed by atoms with Gasteiger partial charge in [-0.25, -0.2) is 0 Å². The summed E-state index contributed by atoms with van der Waals surface area (Å²) in [4.78, 5) is 0. The molecule has 0 spiro atoms. The highest BCUT2D eigenvalue weighted by Crippen LogP contribution is 2.36. The summed E-state index contributed by atoms with van der Waals surface area (Å²) in [6.07, 6.45) is 1.03. The number of ether oxygens (including phenoxy) is 1. The number of benzene rings is 2. The van der Waals surface area contributed by atoms with E-state index < -0.39 is 0 Å². The fourth-order valence-corrected chi connectivity index (χ4v) is 2.56. The molecule has 0 bridgehead atoms. The standard InChI is InChI=1S/C17H19NO/c1-12(18-2)13-6-8-14(9-7-13)16-5-3-4-15-10-11-19-17(15)16/h3-9,12,18H,10-11H2,1-2H3. The zero-order valence-electron chi connectivity index (χ0n) is 11.4. The highest BCUT2D eigenvalue weighted by molar-refractivity contribution is 5.73. The van der Waals surface area contributed by atoms with Gasteiger partial charge in [0.05, 0.1) is 6.61 Å². The molecule has 1 aliphatic rings. The molecule has 0 aromatic heterocycles. The van der Waals surface area contributed by atoms with E-state index in [2.05, 4.69) is 54.7 Å². The number of hydrogen-bond acceptors (Lipinski definition) is 2. The summed E-state index contributed by atoms with van der Waals surface area (Å²) >= 11 is 0. The Hall–Kier alpha value is -1.80. The summed E-state index contributed by atoms with van der Waals surface area (Å²) in [7, 11) is 1.98. The highest BCUT2D eigenvalue weighted by Gasteiger charge is 2.16. The second-order valence-corrected chi connectivity index (χ2v) is 5.02. The molecule has 2 nitrogen and oxygen atoms in total. The van der Waals surface area contributed by atoms with Gasteiger partial charge in [0.25, 0.3) is 0 Å². The van der Waals surface area contributed by atoms with Crippen LogP contribution >= 0.6 is 0 Å². The maximum Gasteiger partial charge on any atom is 0.130 e. The van der Waals surface area contributed by atoms with Crippen molar-refractivity contribution in [3.8, 4) is 16.9 Å². The summed E-state index contributed by atoms with van der Waals surface area (Å²) in [5, 5.41) is 3.26. The van der Waals surface area contributed by atoms with Crippen molar-refractivity contribution in [2.75, 3.05) is 13.7 Å². The Morgan fingerprint density at radius 2 is 1.89 bits per heavy atom. The minimum Gasteiger partial charge on any atom is -0.492 e. The maximum atomic E-state index is 5.77. The quantitative estimate of drug-likeness (QED) is 0.903. The van der Waals surface area contributed by atoms with Gasteiger partial charge in [0, 0.05) is 18.0 Å². The van der Waals surface area contributed by atoms with Gasteiger partial charge in [-0.3, -0.25) is 0 Å². The lowest BCUT2D eigenvalue weighted by Gasteiger charge is -2.12. The molecular weight excluding hydrogens is 234 g/mol. The van der Waals surface area contributed by atoms with Gasteiger partial charge in [0.2, 0.25) is 0 Å². The zero-order valence-corrected chi connectivity index (χ0v) is 11.4. The molecule has 0 fully saturated rings. The Morgan fingerprint density at radius 3 is 2.63 bits per heavy atom. The largest absolute Gasteiger partial charge is 0.492 e. The van der Waals surface area contributed by atoms with Crippen LogP contribution in [0.1, 0.15) is 24.1 Å². The Labute approximate surface area is 114 Å². The van der Waals surface area contributed by atoms with E-state index in [-0.39, 0.29) is 0 Å². The number of nitrogens with one attached hydrogen (secondary N) is 1. The molecular formula is C17H19NO. The fraction of sp³-hybridized carbons (Fsp3) is 0.294. The molecule has 0 saturated heterocycles. The van der Waals surface area contributed by atoms with E-state index in [1.54, 1.807) is 0 Å². The Morgan fingerprint density at radius 1 is 1.11 bits per heavy atom. The van der Waals surface area contributed by atoms with Crippen molar-refractivity contribution in [1.29, 1.82) is 0 Å². The van der Waals surface area contributed by atoms with E-state index in [1.165, 1.54) is 22.3 Å². The molecule has 0 radical (unpaired) electrons. The van der Waals surface area contributed by atoms with Crippen molar-refractivity contribution >= 4 is 0 Å². The van der Waals surface area contributed by atoms with E-state index in [9.17, 15) is 0 Å². The summed E-state index contributed by atoms with van der Waals surface area (Å²) in [5.41, 5.74) is 5.06. The van der Waals surface area contributed by atoms with E-state index in [0.717, 1.165) is 18.8 Å². The smallest absolute Gasteiger partial charge is 0.130 e. The number of rotatable bonds is 3. The van der Waals surface area contributed by atoms with Crippen LogP contribution in [0, 0.1) is 0 Å². The highest BCUT2D eigenvalue weighted by atomic mass is 16.5. The zero-order chi connectivity index (χ0) is 13.2. The molecule has 19 heavy (non-hydrogen) atoms. The fourth-order valence-electron chi connectivity index (χ4n) is 2.56. The average molecular weight is 253 g/mol. The van der Waals surface area contributed by atoms with Gasteiger partial charge in [0.15, 0.2) is 0 Å². The van der Waals surface area contributed by atoms with Crippen molar-refractivity contribution < 1.29 is 4.74 Å². The molecule has 1 atom stereocenters. The van der Waals surface area contributed by atoms with Crippen LogP contribution in [-0.2, 0) is 6.42 Å². The molecule has 2 heteroatoms. The van der Waals surface area contributed by atoms with Gasteiger partial charge < -0.3 is 10.1 Å². The predicted molar refractivity (Wildman–Crippen MR) is 78.6 cm³/mol. The lowest BCUT2D eigenvalue weighted by molar-refractivity contribution is 0.358. The number of hydrogen-bond donors (Lipinski definition) is 1. The normalized spacial score (nSPS) is 14.8. The van der Waals surface area contributed by atoms with Gasteiger partial charge in [0.1, 0.15) is 5.75 Å². The lowest BCUT2D eigenvalue weighted by atomic mass is 9.99. The number of para-hydroxylation sites is 1. The molecule has 3 rings (SSSR count). The predicted octanol–water partition coefficient (Wildman–Crippen LogP) is 3.57. The minimum atomic E-state index is 0.381. The van der Waals surface area contributed by atoms with Gasteiger partial charge in [-0.2, -0.15) is 0 Å². The van der Waals surface area contributed by atoms with Crippen LogP contribution in [0.5, 0.6) is 5.75 Å². The van der Waals surface area contributed by atoms with Gasteiger partial charge in [-0.1, -0.05) is 42.5 Å². The molecule has 2 aromatic rings. The first-order valence-corrected chi connectivity index (χ1v) is 6.82. The Balaban J connectivity index is 1.97.